The number of hydrogen-bond donors (Lipinski definition) is 3. The van der Waals surface area contributed by atoms with E-state index in [4.69, 9.17) is 37.0 Å². The average molecular weight is 1560 g/mol. The normalized spacial score (nSPS) is 13.7. The summed E-state index contributed by atoms with van der Waals surface area (Å²) in [5.41, 5.74) is 0. The average Bonchev–Trinajstić information content (AvgIpc) is 0.901. The Kier molecular flexibility index (Phi) is 80.6. The minimum atomic E-state index is -4.97. The van der Waals surface area contributed by atoms with Crippen molar-refractivity contribution in [2.45, 2.75) is 502 Å². The lowest BCUT2D eigenvalue weighted by molar-refractivity contribution is -0.161. The zero-order valence-corrected chi connectivity index (χ0v) is 71.9. The number of ether oxygens (including phenoxy) is 4. The first-order valence-corrected chi connectivity index (χ1v) is 48.8. The molecule has 5 atom stereocenters. The van der Waals surface area contributed by atoms with Crippen LogP contribution in [0.1, 0.15) is 484 Å². The first-order chi connectivity index (χ1) is 52.2. The number of aliphatic hydroxyl groups excluding tert-OH is 1. The van der Waals surface area contributed by atoms with E-state index in [0.717, 1.165) is 89.9 Å². The second-order valence-corrected chi connectivity index (χ2v) is 34.5. The molecule has 19 heteroatoms. The minimum Gasteiger partial charge on any atom is -0.462 e. The summed E-state index contributed by atoms with van der Waals surface area (Å²) in [6.45, 7) is 5.08. The number of esters is 4. The molecule has 0 aliphatic carbocycles. The van der Waals surface area contributed by atoms with Gasteiger partial charge in [-0.15, -0.1) is 0 Å². The van der Waals surface area contributed by atoms with Crippen LogP contribution in [0.3, 0.4) is 0 Å². The maximum absolute atomic E-state index is 13.2. The van der Waals surface area contributed by atoms with Gasteiger partial charge in [0.05, 0.1) is 26.4 Å². The summed E-state index contributed by atoms with van der Waals surface area (Å²) in [6.07, 6.45) is 77.7. The summed E-state index contributed by atoms with van der Waals surface area (Å²) in [5.74, 6) is -2.09. The summed E-state index contributed by atoms with van der Waals surface area (Å²) < 4.78 is 69.0. The van der Waals surface area contributed by atoms with Gasteiger partial charge in [-0.25, -0.2) is 9.13 Å². The summed E-state index contributed by atoms with van der Waals surface area (Å²) in [6, 6.07) is 0. The quantitative estimate of drug-likeness (QED) is 0.0222. The molecule has 2 unspecified atom stereocenters. The van der Waals surface area contributed by atoms with Gasteiger partial charge in [0.15, 0.2) is 12.2 Å². The zero-order chi connectivity index (χ0) is 78.1. The molecule has 0 saturated heterocycles. The molecule has 0 aliphatic rings. The first-order valence-electron chi connectivity index (χ1n) is 45.8. The highest BCUT2D eigenvalue weighted by atomic mass is 31.2. The maximum atomic E-state index is 13.2. The SMILES string of the molecule is CCCCCCCCCCCCCCCCCCCCCCCC(=O)O[C@H](COC(=O)CCCCCCCCCCCCCCCCCCC)COP(=O)(O)OC[C@@H](O)COP(=O)(O)OC[C@@H](COC(=O)CCCCCCCCCCCCCC)OC(=O)CCCCCCCCCCCCCCCCCCC. The van der Waals surface area contributed by atoms with Gasteiger partial charge in [0.1, 0.15) is 19.3 Å². The summed E-state index contributed by atoms with van der Waals surface area (Å²) >= 11 is 0. The molecule has 0 aromatic heterocycles. The lowest BCUT2D eigenvalue weighted by Gasteiger charge is -2.21. The highest BCUT2D eigenvalue weighted by Crippen LogP contribution is 2.45. The molecule has 3 N–H and O–H groups in total. The molecule has 636 valence electrons. The van der Waals surface area contributed by atoms with Crippen LogP contribution in [0.5, 0.6) is 0 Å². The number of phosphoric ester groups is 2. The van der Waals surface area contributed by atoms with Crippen molar-refractivity contribution in [3.8, 4) is 0 Å². The second-order valence-electron chi connectivity index (χ2n) is 31.6. The van der Waals surface area contributed by atoms with E-state index in [1.54, 1.807) is 0 Å². The molecule has 107 heavy (non-hydrogen) atoms. The highest BCUT2D eigenvalue weighted by Gasteiger charge is 2.30. The lowest BCUT2D eigenvalue weighted by Crippen LogP contribution is -2.30. The number of rotatable bonds is 89. The van der Waals surface area contributed by atoms with Crippen LogP contribution < -0.4 is 0 Å². The van der Waals surface area contributed by atoms with Gasteiger partial charge in [0.25, 0.3) is 0 Å². The number of carbonyl (C=O) groups is 4. The Morgan fingerprint density at radius 2 is 0.374 bits per heavy atom. The molecule has 0 fully saturated rings. The van der Waals surface area contributed by atoms with Gasteiger partial charge in [0, 0.05) is 25.7 Å². The van der Waals surface area contributed by atoms with Crippen molar-refractivity contribution < 1.29 is 80.2 Å². The highest BCUT2D eigenvalue weighted by molar-refractivity contribution is 7.47. The molecule has 0 aromatic rings. The van der Waals surface area contributed by atoms with E-state index >= 15 is 0 Å². The van der Waals surface area contributed by atoms with E-state index < -0.39 is 97.5 Å². The first kappa shape index (κ1) is 105. The monoisotopic (exact) mass is 1560 g/mol. The number of carbonyl (C=O) groups excluding carboxylic acids is 4. The van der Waals surface area contributed by atoms with Crippen molar-refractivity contribution in [2.24, 2.45) is 0 Å². The maximum Gasteiger partial charge on any atom is 0.472 e. The third-order valence-corrected chi connectivity index (χ3v) is 22.8. The van der Waals surface area contributed by atoms with Crippen molar-refractivity contribution in [1.82, 2.24) is 0 Å². The molecule has 0 radical (unpaired) electrons. The number of aliphatic hydroxyl groups is 1. The van der Waals surface area contributed by atoms with E-state index in [1.807, 2.05) is 0 Å². The van der Waals surface area contributed by atoms with Crippen molar-refractivity contribution in [2.75, 3.05) is 39.6 Å². The van der Waals surface area contributed by atoms with Crippen LogP contribution in [-0.2, 0) is 65.4 Å². The summed E-state index contributed by atoms with van der Waals surface area (Å²) in [5, 5.41) is 10.7. The predicted molar refractivity (Wildman–Crippen MR) is 442 cm³/mol. The van der Waals surface area contributed by atoms with Gasteiger partial charge in [-0.1, -0.05) is 432 Å². The topological polar surface area (TPSA) is 237 Å². The number of phosphoric acid groups is 2. The van der Waals surface area contributed by atoms with Gasteiger partial charge in [-0.3, -0.25) is 37.3 Å². The van der Waals surface area contributed by atoms with Crippen molar-refractivity contribution >= 4 is 39.5 Å². The van der Waals surface area contributed by atoms with Crippen LogP contribution >= 0.6 is 15.6 Å². The summed E-state index contributed by atoms with van der Waals surface area (Å²) in [7, 11) is -9.93. The molecule has 0 aliphatic heterocycles. The molecule has 0 aromatic carbocycles. The van der Waals surface area contributed by atoms with Gasteiger partial charge in [0.2, 0.25) is 0 Å². The van der Waals surface area contributed by atoms with Gasteiger partial charge < -0.3 is 33.8 Å². The van der Waals surface area contributed by atoms with Crippen molar-refractivity contribution in [3.63, 3.8) is 0 Å². The van der Waals surface area contributed by atoms with Crippen LogP contribution in [0, 0.1) is 0 Å². The Balaban J connectivity index is 5.24. The standard InChI is InChI=1S/C88H172O17P2/c1-5-9-13-17-21-25-29-33-36-39-40-41-42-45-48-51-55-59-63-67-71-75-88(93)105-84(79-99-86(91)73-69-65-61-57-53-49-46-43-37-34-30-26-22-18-14-10-6-2)81-103-107(96,97)101-77-82(89)76-100-106(94,95)102-80-83(78-98-85(90)72-68-64-60-56-52-32-28-24-20-16-12-8-4)104-87(92)74-70-66-62-58-54-50-47-44-38-35-31-27-23-19-15-11-7-3/h82-84,89H,5-81H2,1-4H3,(H,94,95)(H,96,97)/t82-,83+,84+/m0/s1. The van der Waals surface area contributed by atoms with E-state index in [0.29, 0.717) is 25.7 Å². The smallest absolute Gasteiger partial charge is 0.462 e. The zero-order valence-electron chi connectivity index (χ0n) is 70.1. The Bertz CT molecular complexity index is 2020. The largest absolute Gasteiger partial charge is 0.472 e. The van der Waals surface area contributed by atoms with E-state index in [1.165, 1.54) is 315 Å². The molecule has 0 amide bonds. The second kappa shape index (κ2) is 82.1. The van der Waals surface area contributed by atoms with Crippen LogP contribution in [0.2, 0.25) is 0 Å². The Labute approximate surface area is 658 Å². The van der Waals surface area contributed by atoms with E-state index in [9.17, 15) is 43.2 Å². The van der Waals surface area contributed by atoms with Gasteiger partial charge >= 0.3 is 39.5 Å². The van der Waals surface area contributed by atoms with Crippen LogP contribution in [0.25, 0.3) is 0 Å². The summed E-state index contributed by atoms with van der Waals surface area (Å²) in [4.78, 5) is 73.3. The van der Waals surface area contributed by atoms with Crippen LogP contribution in [0.15, 0.2) is 0 Å². The third-order valence-electron chi connectivity index (χ3n) is 20.9. The molecule has 17 nitrogen and oxygen atoms in total. The van der Waals surface area contributed by atoms with Crippen molar-refractivity contribution in [1.29, 1.82) is 0 Å². The van der Waals surface area contributed by atoms with Gasteiger partial charge in [-0.05, 0) is 25.7 Å². The molecule has 0 heterocycles. The predicted octanol–water partition coefficient (Wildman–Crippen LogP) is 27.3. The molecule has 0 saturated carbocycles. The molecule has 0 rings (SSSR count). The fraction of sp³-hybridized carbons (Fsp3) is 0.955. The van der Waals surface area contributed by atoms with Crippen LogP contribution in [0.4, 0.5) is 0 Å². The number of unbranched alkanes of at least 4 members (excludes halogenated alkanes) is 63. The Morgan fingerprint density at radius 3 is 0.551 bits per heavy atom. The molecule has 0 bridgehead atoms. The number of hydrogen-bond acceptors (Lipinski definition) is 15. The lowest BCUT2D eigenvalue weighted by atomic mass is 10.0. The molecular formula is C88H172O17P2. The van der Waals surface area contributed by atoms with Gasteiger partial charge in [-0.2, -0.15) is 0 Å². The van der Waals surface area contributed by atoms with Crippen molar-refractivity contribution in [3.05, 3.63) is 0 Å². The van der Waals surface area contributed by atoms with Crippen LogP contribution in [-0.4, -0.2) is 96.7 Å². The Hall–Kier alpha value is -1.94. The fourth-order valence-corrected chi connectivity index (χ4v) is 15.5. The third kappa shape index (κ3) is 81.9. The van der Waals surface area contributed by atoms with E-state index in [-0.39, 0.29) is 25.7 Å². The fourth-order valence-electron chi connectivity index (χ4n) is 13.9. The van der Waals surface area contributed by atoms with E-state index in [2.05, 4.69) is 27.7 Å². The Morgan fingerprint density at radius 1 is 0.224 bits per heavy atom. The minimum absolute atomic E-state index is 0.110. The molecule has 0 spiro atoms. The molecular weight excluding hydrogens is 1390 g/mol.